The number of aryl methyl sites for hydroxylation is 1. The minimum atomic E-state index is -0.451. The molecule has 106 valence electrons. The molecule has 4 nitrogen and oxygen atoms in total. The van der Waals surface area contributed by atoms with Crippen molar-refractivity contribution in [3.8, 4) is 0 Å². The summed E-state index contributed by atoms with van der Waals surface area (Å²) < 4.78 is 15.6. The Morgan fingerprint density at radius 2 is 2.15 bits per heavy atom. The van der Waals surface area contributed by atoms with Crippen LogP contribution in [-0.2, 0) is 13.0 Å². The highest BCUT2D eigenvalue weighted by Crippen LogP contribution is 2.14. The van der Waals surface area contributed by atoms with Crippen molar-refractivity contribution in [2.45, 2.75) is 33.7 Å². The van der Waals surface area contributed by atoms with E-state index in [9.17, 15) is 9.18 Å². The maximum Gasteiger partial charge on any atom is 0.173 e. The Kier molecular flexibility index (Phi) is 4.27. The van der Waals surface area contributed by atoms with E-state index in [1.807, 2.05) is 0 Å². The molecule has 0 aliphatic heterocycles. The van der Waals surface area contributed by atoms with Crippen molar-refractivity contribution in [3.63, 3.8) is 0 Å². The minimum absolute atomic E-state index is 0.0626. The summed E-state index contributed by atoms with van der Waals surface area (Å²) in [5, 5.41) is 4.10. The lowest BCUT2D eigenvalue weighted by molar-refractivity contribution is 0.0985. The fourth-order valence-electron chi connectivity index (χ4n) is 2.02. The number of benzene rings is 1. The maximum absolute atomic E-state index is 13.9. The van der Waals surface area contributed by atoms with Crippen LogP contribution in [0.2, 0.25) is 0 Å². The molecule has 1 aromatic carbocycles. The molecule has 2 aromatic rings. The van der Waals surface area contributed by atoms with Gasteiger partial charge in [-0.25, -0.2) is 14.1 Å². The third-order valence-corrected chi connectivity index (χ3v) is 3.04. The Morgan fingerprint density at radius 1 is 1.40 bits per heavy atom. The van der Waals surface area contributed by atoms with Gasteiger partial charge in [0.2, 0.25) is 0 Å². The molecule has 0 amide bonds. The highest BCUT2D eigenvalue weighted by molar-refractivity contribution is 5.97. The van der Waals surface area contributed by atoms with E-state index in [0.29, 0.717) is 23.9 Å². The molecule has 1 heterocycles. The van der Waals surface area contributed by atoms with Crippen LogP contribution in [0.25, 0.3) is 0 Å². The molecular formula is C15H18FN3O. The maximum atomic E-state index is 13.9. The van der Waals surface area contributed by atoms with Crippen molar-refractivity contribution in [2.75, 3.05) is 0 Å². The van der Waals surface area contributed by atoms with E-state index in [4.69, 9.17) is 0 Å². The van der Waals surface area contributed by atoms with Gasteiger partial charge < -0.3 is 0 Å². The number of aromatic nitrogens is 3. The molecule has 0 saturated carbocycles. The van der Waals surface area contributed by atoms with Gasteiger partial charge in [0.05, 0.1) is 12.0 Å². The van der Waals surface area contributed by atoms with Crippen molar-refractivity contribution in [1.82, 2.24) is 14.8 Å². The highest BCUT2D eigenvalue weighted by atomic mass is 19.1. The summed E-state index contributed by atoms with van der Waals surface area (Å²) in [6.45, 7) is 6.47. The van der Waals surface area contributed by atoms with E-state index in [0.717, 1.165) is 0 Å². The first-order valence-corrected chi connectivity index (χ1v) is 6.64. The number of hydrogen-bond donors (Lipinski definition) is 0. The Labute approximate surface area is 117 Å². The average Bonchev–Trinajstić information content (AvgIpc) is 2.79. The largest absolute Gasteiger partial charge is 0.294 e. The van der Waals surface area contributed by atoms with Crippen LogP contribution in [0, 0.1) is 18.7 Å². The fraction of sp³-hybridized carbons (Fsp3) is 0.400. The van der Waals surface area contributed by atoms with Gasteiger partial charge in [-0.15, -0.1) is 0 Å². The molecule has 0 bridgehead atoms. The zero-order valence-corrected chi connectivity index (χ0v) is 11.9. The van der Waals surface area contributed by atoms with Gasteiger partial charge in [-0.1, -0.05) is 26.0 Å². The van der Waals surface area contributed by atoms with Gasteiger partial charge in [0, 0.05) is 6.54 Å². The molecule has 1 aromatic heterocycles. The van der Waals surface area contributed by atoms with Gasteiger partial charge in [0.1, 0.15) is 18.0 Å². The summed E-state index contributed by atoms with van der Waals surface area (Å²) in [5.41, 5.74) is 0.587. The molecule has 0 saturated heterocycles. The van der Waals surface area contributed by atoms with Crippen LogP contribution in [-0.4, -0.2) is 20.5 Å². The van der Waals surface area contributed by atoms with E-state index < -0.39 is 5.82 Å². The zero-order chi connectivity index (χ0) is 14.7. The van der Waals surface area contributed by atoms with Crippen molar-refractivity contribution >= 4 is 5.78 Å². The number of nitrogens with zero attached hydrogens (tertiary/aromatic N) is 3. The van der Waals surface area contributed by atoms with Gasteiger partial charge in [-0.3, -0.25) is 4.79 Å². The SMILES string of the molecule is Cc1cccc(C(=O)Cc2ncnn2CC(C)C)c1F. The number of rotatable bonds is 5. The van der Waals surface area contributed by atoms with E-state index in [-0.39, 0.29) is 17.8 Å². The third-order valence-electron chi connectivity index (χ3n) is 3.04. The van der Waals surface area contributed by atoms with E-state index in [2.05, 4.69) is 23.9 Å². The van der Waals surface area contributed by atoms with Crippen LogP contribution in [0.5, 0.6) is 0 Å². The van der Waals surface area contributed by atoms with Gasteiger partial charge in [0.15, 0.2) is 5.78 Å². The van der Waals surface area contributed by atoms with Crippen LogP contribution in [0.3, 0.4) is 0 Å². The monoisotopic (exact) mass is 275 g/mol. The second kappa shape index (κ2) is 5.94. The lowest BCUT2D eigenvalue weighted by atomic mass is 10.0. The van der Waals surface area contributed by atoms with E-state index in [1.54, 1.807) is 23.7 Å². The molecule has 0 unspecified atom stereocenters. The van der Waals surface area contributed by atoms with Gasteiger partial charge in [-0.05, 0) is 24.5 Å². The smallest absolute Gasteiger partial charge is 0.173 e. The summed E-state index contributed by atoms with van der Waals surface area (Å²) in [5.74, 6) is 0.252. The molecule has 0 N–H and O–H groups in total. The number of halogens is 1. The fourth-order valence-corrected chi connectivity index (χ4v) is 2.02. The van der Waals surface area contributed by atoms with Crippen molar-refractivity contribution in [2.24, 2.45) is 5.92 Å². The molecule has 0 radical (unpaired) electrons. The molecule has 0 aliphatic rings. The van der Waals surface area contributed by atoms with Crippen LogP contribution >= 0.6 is 0 Å². The first kappa shape index (κ1) is 14.4. The molecule has 0 atom stereocenters. The summed E-state index contributed by atoms with van der Waals surface area (Å²) in [6.07, 6.45) is 1.49. The van der Waals surface area contributed by atoms with E-state index in [1.165, 1.54) is 12.4 Å². The van der Waals surface area contributed by atoms with Crippen LogP contribution in [0.1, 0.15) is 35.6 Å². The summed E-state index contributed by atoms with van der Waals surface area (Å²) in [7, 11) is 0. The van der Waals surface area contributed by atoms with Crippen molar-refractivity contribution in [3.05, 3.63) is 47.3 Å². The standard InChI is InChI=1S/C15H18FN3O/c1-10(2)8-19-14(17-9-18-19)7-13(20)12-6-4-5-11(3)15(12)16/h4-6,9-10H,7-8H2,1-3H3. The van der Waals surface area contributed by atoms with Crippen LogP contribution < -0.4 is 0 Å². The normalized spacial score (nSPS) is 11.1. The third kappa shape index (κ3) is 3.10. The highest BCUT2D eigenvalue weighted by Gasteiger charge is 2.17. The number of Topliss-reactive ketones (excluding diaryl/α,β-unsaturated/α-hetero) is 1. The van der Waals surface area contributed by atoms with Gasteiger partial charge >= 0.3 is 0 Å². The number of carbonyl (C=O) groups excluding carboxylic acids is 1. The van der Waals surface area contributed by atoms with Crippen LogP contribution in [0.15, 0.2) is 24.5 Å². The van der Waals surface area contributed by atoms with E-state index >= 15 is 0 Å². The predicted molar refractivity (Wildman–Crippen MR) is 74.0 cm³/mol. The predicted octanol–water partition coefficient (Wildman–Crippen LogP) is 2.81. The molecule has 20 heavy (non-hydrogen) atoms. The van der Waals surface area contributed by atoms with Gasteiger partial charge in [-0.2, -0.15) is 5.10 Å². The molecule has 5 heteroatoms. The first-order valence-electron chi connectivity index (χ1n) is 6.64. The number of hydrogen-bond acceptors (Lipinski definition) is 3. The molecule has 2 rings (SSSR count). The van der Waals surface area contributed by atoms with Gasteiger partial charge in [0.25, 0.3) is 0 Å². The Bertz CT molecular complexity index is 619. The zero-order valence-electron chi connectivity index (χ0n) is 11.9. The van der Waals surface area contributed by atoms with Crippen molar-refractivity contribution < 1.29 is 9.18 Å². The lowest BCUT2D eigenvalue weighted by Gasteiger charge is -2.08. The number of ketones is 1. The minimum Gasteiger partial charge on any atom is -0.294 e. The topological polar surface area (TPSA) is 47.8 Å². The Morgan fingerprint density at radius 3 is 2.85 bits per heavy atom. The molecular weight excluding hydrogens is 257 g/mol. The molecule has 0 spiro atoms. The number of carbonyl (C=O) groups is 1. The van der Waals surface area contributed by atoms with Crippen molar-refractivity contribution in [1.29, 1.82) is 0 Å². The summed E-state index contributed by atoms with van der Waals surface area (Å²) in [4.78, 5) is 16.3. The quantitative estimate of drug-likeness (QED) is 0.788. The second-order valence-electron chi connectivity index (χ2n) is 5.29. The Balaban J connectivity index is 2.20. The van der Waals surface area contributed by atoms with Crippen LogP contribution in [0.4, 0.5) is 4.39 Å². The average molecular weight is 275 g/mol. The molecule has 0 fully saturated rings. The Hall–Kier alpha value is -2.04. The molecule has 0 aliphatic carbocycles. The second-order valence-corrected chi connectivity index (χ2v) is 5.29. The summed E-state index contributed by atoms with van der Waals surface area (Å²) >= 11 is 0. The first-order chi connectivity index (χ1) is 9.49. The lowest BCUT2D eigenvalue weighted by Crippen LogP contribution is -2.15. The summed E-state index contributed by atoms with van der Waals surface area (Å²) in [6, 6.07) is 4.84.